The molecule has 1 N–H and O–H groups in total. The molecule has 0 aromatic heterocycles. The van der Waals surface area contributed by atoms with Gasteiger partial charge in [0.15, 0.2) is 0 Å². The molecular weight excluding hydrogens is 342 g/mol. The number of aliphatic hydroxyl groups excluding tert-OH is 1. The molecule has 3 rings (SSSR count). The Labute approximate surface area is 157 Å². The number of carbonyl (C=O) groups excluding carboxylic acids is 2. The van der Waals surface area contributed by atoms with Crippen molar-refractivity contribution in [2.45, 2.75) is 6.92 Å². The second-order valence-corrected chi connectivity index (χ2v) is 6.34. The van der Waals surface area contributed by atoms with Crippen LogP contribution in [0, 0.1) is 18.3 Å². The number of aliphatic hydroxyl groups is 1. The van der Waals surface area contributed by atoms with Crippen LogP contribution in [0.15, 0.2) is 54.2 Å². The topological polar surface area (TPSA) is 84.6 Å². The molecule has 136 valence electrons. The van der Waals surface area contributed by atoms with Crippen molar-refractivity contribution < 1.29 is 14.7 Å². The van der Waals surface area contributed by atoms with Gasteiger partial charge in [-0.05, 0) is 36.8 Å². The molecule has 1 heterocycles. The number of imide groups is 1. The summed E-state index contributed by atoms with van der Waals surface area (Å²) in [5.74, 6) is -0.871. The van der Waals surface area contributed by atoms with Crippen molar-refractivity contribution in [1.29, 1.82) is 5.26 Å². The van der Waals surface area contributed by atoms with Crippen LogP contribution >= 0.6 is 0 Å². The van der Waals surface area contributed by atoms with Crippen LogP contribution in [0.2, 0.25) is 0 Å². The fourth-order valence-corrected chi connectivity index (χ4v) is 3.03. The summed E-state index contributed by atoms with van der Waals surface area (Å²) in [6, 6.07) is 15.7. The number of nitriles is 1. The SMILES string of the molecule is Cc1ccc(C2=C(N(C)CCO)C(=O)N(c3ccc(C#N)cc3)C2=O)cc1. The van der Waals surface area contributed by atoms with Gasteiger partial charge in [-0.15, -0.1) is 0 Å². The molecule has 27 heavy (non-hydrogen) atoms. The maximum atomic E-state index is 13.2. The van der Waals surface area contributed by atoms with Crippen LogP contribution in [-0.2, 0) is 9.59 Å². The summed E-state index contributed by atoms with van der Waals surface area (Å²) >= 11 is 0. The molecule has 0 aliphatic carbocycles. The number of amides is 2. The number of hydrogen-bond acceptors (Lipinski definition) is 5. The molecular formula is C21H19N3O3. The molecule has 2 aromatic carbocycles. The van der Waals surface area contributed by atoms with E-state index in [1.165, 1.54) is 0 Å². The summed E-state index contributed by atoms with van der Waals surface area (Å²) in [6.45, 7) is 2.03. The number of benzene rings is 2. The quantitative estimate of drug-likeness (QED) is 0.824. The predicted molar refractivity (Wildman–Crippen MR) is 101 cm³/mol. The lowest BCUT2D eigenvalue weighted by Crippen LogP contribution is -2.34. The monoisotopic (exact) mass is 361 g/mol. The van der Waals surface area contributed by atoms with E-state index in [-0.39, 0.29) is 18.8 Å². The first-order chi connectivity index (χ1) is 13.0. The van der Waals surface area contributed by atoms with E-state index in [0.29, 0.717) is 22.4 Å². The maximum Gasteiger partial charge on any atom is 0.282 e. The maximum absolute atomic E-state index is 13.2. The van der Waals surface area contributed by atoms with Crippen LogP contribution in [0.5, 0.6) is 0 Å². The van der Waals surface area contributed by atoms with Crippen molar-refractivity contribution in [3.8, 4) is 6.07 Å². The summed E-state index contributed by atoms with van der Waals surface area (Å²) in [5.41, 5.74) is 3.10. The fraction of sp³-hybridized carbons (Fsp3) is 0.190. The molecule has 0 atom stereocenters. The molecule has 0 fully saturated rings. The normalized spacial score (nSPS) is 13.9. The van der Waals surface area contributed by atoms with Gasteiger partial charge in [0.25, 0.3) is 11.8 Å². The third-order valence-electron chi connectivity index (χ3n) is 4.47. The molecule has 6 heteroatoms. The van der Waals surface area contributed by atoms with Crippen LogP contribution in [0.1, 0.15) is 16.7 Å². The lowest BCUT2D eigenvalue weighted by molar-refractivity contribution is -0.120. The number of nitrogens with zero attached hydrogens (tertiary/aromatic N) is 3. The zero-order chi connectivity index (χ0) is 19.6. The number of carbonyl (C=O) groups is 2. The van der Waals surface area contributed by atoms with Crippen LogP contribution in [0.4, 0.5) is 5.69 Å². The zero-order valence-electron chi connectivity index (χ0n) is 15.1. The number of anilines is 1. The first-order valence-electron chi connectivity index (χ1n) is 8.50. The molecule has 2 amide bonds. The Bertz CT molecular complexity index is 954. The van der Waals surface area contributed by atoms with E-state index in [4.69, 9.17) is 5.26 Å². The highest BCUT2D eigenvalue weighted by Gasteiger charge is 2.41. The molecule has 2 aromatic rings. The predicted octanol–water partition coefficient (Wildman–Crippen LogP) is 2.08. The zero-order valence-corrected chi connectivity index (χ0v) is 15.1. The van der Waals surface area contributed by atoms with Crippen molar-refractivity contribution in [3.05, 3.63) is 70.9 Å². The van der Waals surface area contributed by atoms with Crippen molar-refractivity contribution in [3.63, 3.8) is 0 Å². The van der Waals surface area contributed by atoms with E-state index in [9.17, 15) is 14.7 Å². The van der Waals surface area contributed by atoms with Gasteiger partial charge >= 0.3 is 0 Å². The molecule has 1 aliphatic rings. The van der Waals surface area contributed by atoms with Gasteiger partial charge in [0, 0.05) is 13.6 Å². The lowest BCUT2D eigenvalue weighted by atomic mass is 10.0. The smallest absolute Gasteiger partial charge is 0.282 e. The van der Waals surface area contributed by atoms with Crippen molar-refractivity contribution in [2.75, 3.05) is 25.1 Å². The van der Waals surface area contributed by atoms with Gasteiger partial charge in [0.2, 0.25) is 0 Å². The Hall–Kier alpha value is -3.43. The number of likely N-dealkylation sites (N-methyl/N-ethyl adjacent to an activating group) is 1. The van der Waals surface area contributed by atoms with Gasteiger partial charge in [-0.3, -0.25) is 9.59 Å². The number of rotatable bonds is 5. The Morgan fingerprint density at radius 1 is 1.04 bits per heavy atom. The second kappa shape index (κ2) is 7.44. The van der Waals surface area contributed by atoms with E-state index in [1.54, 1.807) is 36.2 Å². The molecule has 0 saturated carbocycles. The summed E-state index contributed by atoms with van der Waals surface area (Å²) in [7, 11) is 1.67. The van der Waals surface area contributed by atoms with E-state index >= 15 is 0 Å². The Morgan fingerprint density at radius 3 is 2.22 bits per heavy atom. The van der Waals surface area contributed by atoms with E-state index < -0.39 is 11.8 Å². The summed E-state index contributed by atoms with van der Waals surface area (Å²) in [4.78, 5) is 29.0. The minimum atomic E-state index is -0.448. The lowest BCUT2D eigenvalue weighted by Gasteiger charge is -2.20. The van der Waals surface area contributed by atoms with E-state index in [0.717, 1.165) is 10.5 Å². The summed E-state index contributed by atoms with van der Waals surface area (Å²) in [5, 5.41) is 18.2. The van der Waals surface area contributed by atoms with Crippen molar-refractivity contribution >= 4 is 23.1 Å². The van der Waals surface area contributed by atoms with Gasteiger partial charge < -0.3 is 10.0 Å². The van der Waals surface area contributed by atoms with Crippen molar-refractivity contribution in [1.82, 2.24) is 4.90 Å². The number of aryl methyl sites for hydroxylation is 1. The average molecular weight is 361 g/mol. The molecule has 0 radical (unpaired) electrons. The van der Waals surface area contributed by atoms with Crippen LogP contribution in [-0.4, -0.2) is 42.0 Å². The second-order valence-electron chi connectivity index (χ2n) is 6.34. The van der Waals surface area contributed by atoms with E-state index in [2.05, 4.69) is 0 Å². The van der Waals surface area contributed by atoms with E-state index in [1.807, 2.05) is 37.3 Å². The summed E-state index contributed by atoms with van der Waals surface area (Å²) in [6.07, 6.45) is 0. The standard InChI is InChI=1S/C21H19N3O3/c1-14-3-7-16(8-4-14)18-19(23(2)11-12-25)21(27)24(20(18)26)17-9-5-15(13-22)6-10-17/h3-10,25H,11-12H2,1-2H3. The first-order valence-corrected chi connectivity index (χ1v) is 8.50. The third-order valence-corrected chi connectivity index (χ3v) is 4.47. The molecule has 0 bridgehead atoms. The Morgan fingerprint density at radius 2 is 1.67 bits per heavy atom. The van der Waals surface area contributed by atoms with Crippen LogP contribution in [0.25, 0.3) is 5.57 Å². The largest absolute Gasteiger partial charge is 0.395 e. The highest BCUT2D eigenvalue weighted by Crippen LogP contribution is 2.34. The average Bonchev–Trinajstić information content (AvgIpc) is 2.93. The third kappa shape index (κ3) is 3.33. The van der Waals surface area contributed by atoms with Gasteiger partial charge in [-0.1, -0.05) is 29.8 Å². The highest BCUT2D eigenvalue weighted by molar-refractivity contribution is 6.45. The van der Waals surface area contributed by atoms with Gasteiger partial charge in [0.05, 0.1) is 29.5 Å². The van der Waals surface area contributed by atoms with Crippen molar-refractivity contribution in [2.24, 2.45) is 0 Å². The molecule has 0 unspecified atom stereocenters. The first kappa shape index (κ1) is 18.4. The summed E-state index contributed by atoms with van der Waals surface area (Å²) < 4.78 is 0. The molecule has 0 spiro atoms. The van der Waals surface area contributed by atoms with Crippen LogP contribution < -0.4 is 4.90 Å². The minimum absolute atomic E-state index is 0.139. The van der Waals surface area contributed by atoms with Crippen LogP contribution in [0.3, 0.4) is 0 Å². The fourth-order valence-electron chi connectivity index (χ4n) is 3.03. The Kier molecular flexibility index (Phi) is 5.06. The molecule has 1 aliphatic heterocycles. The number of hydrogen-bond donors (Lipinski definition) is 1. The molecule has 6 nitrogen and oxygen atoms in total. The highest BCUT2D eigenvalue weighted by atomic mass is 16.3. The molecule has 0 saturated heterocycles. The minimum Gasteiger partial charge on any atom is -0.395 e. The van der Waals surface area contributed by atoms with Gasteiger partial charge in [0.1, 0.15) is 5.70 Å². The Balaban J connectivity index is 2.10. The van der Waals surface area contributed by atoms with Gasteiger partial charge in [-0.2, -0.15) is 5.26 Å². The van der Waals surface area contributed by atoms with Gasteiger partial charge in [-0.25, -0.2) is 4.90 Å².